The molecule has 0 rings (SSSR count). The first-order valence-electron chi connectivity index (χ1n) is 17.7. The van der Waals surface area contributed by atoms with Crippen LogP contribution in [-0.2, 0) is 42.7 Å². The van der Waals surface area contributed by atoms with E-state index in [2.05, 4.69) is 6.92 Å². The minimum Gasteiger partial charge on any atom is -0.460 e. The average molecular weight is 635 g/mol. The zero-order valence-corrected chi connectivity index (χ0v) is 29.2. The fourth-order valence-corrected chi connectivity index (χ4v) is 4.37. The number of ether oxygens (including phenoxy) is 8. The van der Waals surface area contributed by atoms with E-state index in [0.717, 1.165) is 13.0 Å². The first-order valence-corrected chi connectivity index (χ1v) is 17.7. The van der Waals surface area contributed by atoms with Crippen LogP contribution in [0.15, 0.2) is 0 Å². The van der Waals surface area contributed by atoms with Gasteiger partial charge in [0, 0.05) is 6.61 Å². The first kappa shape index (κ1) is 43.2. The number of carbonyl (C=O) groups is 1. The molecule has 0 bridgehead atoms. The van der Waals surface area contributed by atoms with Crippen LogP contribution in [0, 0.1) is 0 Å². The number of carbonyl (C=O) groups excluding carboxylic acids is 1. The predicted octanol–water partition coefficient (Wildman–Crippen LogP) is 7.32. The second kappa shape index (κ2) is 35.1. The Morgan fingerprint density at radius 3 is 0.977 bits per heavy atom. The van der Waals surface area contributed by atoms with Gasteiger partial charge >= 0.3 is 5.97 Å². The molecule has 0 aromatic rings. The summed E-state index contributed by atoms with van der Waals surface area (Å²) in [6, 6.07) is 0. The molecule has 0 N–H and O–H groups in total. The van der Waals surface area contributed by atoms with E-state index in [9.17, 15) is 4.79 Å². The van der Waals surface area contributed by atoms with Gasteiger partial charge in [-0.15, -0.1) is 0 Å². The zero-order valence-electron chi connectivity index (χ0n) is 29.2. The van der Waals surface area contributed by atoms with Crippen molar-refractivity contribution in [3.63, 3.8) is 0 Å². The third-order valence-corrected chi connectivity index (χ3v) is 6.74. The van der Waals surface area contributed by atoms with Gasteiger partial charge in [0.15, 0.2) is 0 Å². The third kappa shape index (κ3) is 39.2. The van der Waals surface area contributed by atoms with Crippen LogP contribution < -0.4 is 0 Å². The van der Waals surface area contributed by atoms with Gasteiger partial charge in [-0.25, -0.2) is 0 Å². The summed E-state index contributed by atoms with van der Waals surface area (Å²) in [4.78, 5) is 11.6. The molecule has 0 fully saturated rings. The number of hydrogen-bond donors (Lipinski definition) is 0. The molecule has 0 heterocycles. The highest BCUT2D eigenvalue weighted by Crippen LogP contribution is 2.13. The number of rotatable bonds is 36. The maximum Gasteiger partial charge on any atom is 0.308 e. The SMILES string of the molecule is CCCCCCCCCCCCCCCCOCCOCCOCCOCCOCCOCCOCCC(=O)OC(C)(C)C. The molecule has 9 heteroatoms. The minimum atomic E-state index is -0.463. The fourth-order valence-electron chi connectivity index (χ4n) is 4.37. The maximum atomic E-state index is 11.6. The smallest absolute Gasteiger partial charge is 0.308 e. The van der Waals surface area contributed by atoms with Gasteiger partial charge in [-0.1, -0.05) is 90.4 Å². The van der Waals surface area contributed by atoms with Crippen molar-refractivity contribution in [3.8, 4) is 0 Å². The van der Waals surface area contributed by atoms with E-state index in [0.29, 0.717) is 85.9 Å². The second-order valence-electron chi connectivity index (χ2n) is 12.2. The van der Waals surface area contributed by atoms with Crippen LogP contribution in [-0.4, -0.2) is 104 Å². The molecule has 0 saturated carbocycles. The van der Waals surface area contributed by atoms with E-state index in [1.807, 2.05) is 20.8 Å². The summed E-state index contributed by atoms with van der Waals surface area (Å²) in [5, 5.41) is 0. The van der Waals surface area contributed by atoms with Crippen molar-refractivity contribution >= 4 is 5.97 Å². The van der Waals surface area contributed by atoms with E-state index in [-0.39, 0.29) is 12.4 Å². The highest BCUT2D eigenvalue weighted by atomic mass is 16.6. The molecule has 44 heavy (non-hydrogen) atoms. The fraction of sp³-hybridized carbons (Fsp3) is 0.971. The lowest BCUT2D eigenvalue weighted by Crippen LogP contribution is -2.24. The molecule has 0 aliphatic carbocycles. The quantitative estimate of drug-likeness (QED) is 0.0519. The Labute approximate surface area is 270 Å². The summed E-state index contributed by atoms with van der Waals surface area (Å²) in [5.74, 6) is -0.254. The van der Waals surface area contributed by atoms with Crippen LogP contribution in [0.2, 0.25) is 0 Å². The van der Waals surface area contributed by atoms with Crippen LogP contribution in [0.1, 0.15) is 124 Å². The topological polar surface area (TPSA) is 90.9 Å². The van der Waals surface area contributed by atoms with Crippen molar-refractivity contribution in [1.29, 1.82) is 0 Å². The Balaban J connectivity index is 3.09. The Morgan fingerprint density at radius 1 is 0.386 bits per heavy atom. The van der Waals surface area contributed by atoms with Crippen molar-refractivity contribution in [3.05, 3.63) is 0 Å². The van der Waals surface area contributed by atoms with E-state index < -0.39 is 5.60 Å². The van der Waals surface area contributed by atoms with Crippen LogP contribution in [0.4, 0.5) is 0 Å². The minimum absolute atomic E-state index is 0.244. The molecule has 9 nitrogen and oxygen atoms in total. The number of hydrogen-bond acceptors (Lipinski definition) is 9. The first-order chi connectivity index (χ1) is 21.5. The molecule has 0 amide bonds. The largest absolute Gasteiger partial charge is 0.460 e. The van der Waals surface area contributed by atoms with Crippen LogP contribution in [0.5, 0.6) is 0 Å². The maximum absolute atomic E-state index is 11.6. The van der Waals surface area contributed by atoms with Gasteiger partial charge in [0.2, 0.25) is 0 Å². The Bertz CT molecular complexity index is 569. The van der Waals surface area contributed by atoms with Crippen LogP contribution >= 0.6 is 0 Å². The molecule has 0 aromatic heterocycles. The molecular weight excluding hydrogens is 564 g/mol. The van der Waals surface area contributed by atoms with E-state index in [1.165, 1.54) is 83.5 Å². The molecule has 0 unspecified atom stereocenters. The summed E-state index contributed by atoms with van der Waals surface area (Å²) in [5.41, 5.74) is -0.463. The van der Waals surface area contributed by atoms with Gasteiger partial charge in [0.05, 0.1) is 92.3 Å². The molecular formula is C35H70O9. The van der Waals surface area contributed by atoms with Crippen molar-refractivity contribution < 1.29 is 42.7 Å². The van der Waals surface area contributed by atoms with Gasteiger partial charge < -0.3 is 37.9 Å². The average Bonchev–Trinajstić information content (AvgIpc) is 2.98. The molecule has 0 aliphatic heterocycles. The lowest BCUT2D eigenvalue weighted by atomic mass is 10.0. The highest BCUT2D eigenvalue weighted by molar-refractivity contribution is 5.69. The van der Waals surface area contributed by atoms with E-state index in [1.54, 1.807) is 0 Å². The monoisotopic (exact) mass is 635 g/mol. The van der Waals surface area contributed by atoms with Crippen LogP contribution in [0.3, 0.4) is 0 Å². The van der Waals surface area contributed by atoms with Gasteiger partial charge in [0.25, 0.3) is 0 Å². The van der Waals surface area contributed by atoms with E-state index >= 15 is 0 Å². The zero-order chi connectivity index (χ0) is 32.2. The summed E-state index contributed by atoms with van der Waals surface area (Å²) in [7, 11) is 0. The molecule has 0 aromatic carbocycles. The lowest BCUT2D eigenvalue weighted by Gasteiger charge is -2.19. The summed E-state index contributed by atoms with van der Waals surface area (Å²) < 4.78 is 43.7. The third-order valence-electron chi connectivity index (χ3n) is 6.74. The second-order valence-corrected chi connectivity index (χ2v) is 12.2. The van der Waals surface area contributed by atoms with Crippen molar-refractivity contribution in [1.82, 2.24) is 0 Å². The normalized spacial score (nSPS) is 11.8. The van der Waals surface area contributed by atoms with Crippen LogP contribution in [0.25, 0.3) is 0 Å². The number of unbranched alkanes of at least 4 members (excludes halogenated alkanes) is 13. The summed E-state index contributed by atoms with van der Waals surface area (Å²) in [6.07, 6.45) is 19.5. The molecule has 264 valence electrons. The highest BCUT2D eigenvalue weighted by Gasteiger charge is 2.15. The Kier molecular flexibility index (Phi) is 34.4. The van der Waals surface area contributed by atoms with Crippen molar-refractivity contribution in [2.75, 3.05) is 92.5 Å². The standard InChI is InChI=1S/C35H70O9/c1-5-6-7-8-9-10-11-12-13-14-15-16-17-18-20-37-22-24-39-26-28-41-30-32-43-33-31-42-29-27-40-25-23-38-21-19-34(36)44-35(2,3)4/h5-33H2,1-4H3. The lowest BCUT2D eigenvalue weighted by molar-refractivity contribution is -0.156. The number of esters is 1. The summed E-state index contributed by atoms with van der Waals surface area (Å²) >= 11 is 0. The molecule has 0 aliphatic rings. The molecule has 0 spiro atoms. The van der Waals surface area contributed by atoms with Gasteiger partial charge in [-0.3, -0.25) is 4.79 Å². The van der Waals surface area contributed by atoms with Crippen molar-refractivity contribution in [2.24, 2.45) is 0 Å². The van der Waals surface area contributed by atoms with E-state index in [4.69, 9.17) is 37.9 Å². The molecule has 0 saturated heterocycles. The molecule has 0 radical (unpaired) electrons. The molecule has 0 atom stereocenters. The predicted molar refractivity (Wildman–Crippen MR) is 177 cm³/mol. The van der Waals surface area contributed by atoms with Gasteiger partial charge in [-0.2, -0.15) is 0 Å². The van der Waals surface area contributed by atoms with Crippen molar-refractivity contribution in [2.45, 2.75) is 130 Å². The Hall–Kier alpha value is -0.810. The summed E-state index contributed by atoms with van der Waals surface area (Å²) in [6.45, 7) is 15.4. The Morgan fingerprint density at radius 2 is 0.659 bits per heavy atom. The van der Waals surface area contributed by atoms with Gasteiger partial charge in [-0.05, 0) is 27.2 Å². The van der Waals surface area contributed by atoms with Gasteiger partial charge in [0.1, 0.15) is 5.60 Å².